The van der Waals surface area contributed by atoms with Crippen LogP contribution in [0.1, 0.15) is 18.1 Å². The van der Waals surface area contributed by atoms with Crippen LogP contribution < -0.4 is 5.30 Å². The summed E-state index contributed by atoms with van der Waals surface area (Å²) < 4.78 is 19.0. The van der Waals surface area contributed by atoms with Crippen LogP contribution in [0.2, 0.25) is 0 Å². The van der Waals surface area contributed by atoms with E-state index >= 15 is 0 Å². The van der Waals surface area contributed by atoms with E-state index in [-0.39, 0.29) is 0 Å². The minimum atomic E-state index is -2.95. The van der Waals surface area contributed by atoms with Crippen LogP contribution in [0.4, 0.5) is 0 Å². The molecule has 19 heavy (non-hydrogen) atoms. The SMILES string of the molecule is C/C=C1/c2ccccc2COP1(=O)c1ccccc1. The molecule has 0 saturated heterocycles. The van der Waals surface area contributed by atoms with E-state index in [2.05, 4.69) is 0 Å². The Bertz CT molecular complexity index is 674. The molecule has 1 unspecified atom stereocenters. The first-order chi connectivity index (χ1) is 9.25. The van der Waals surface area contributed by atoms with Crippen molar-refractivity contribution in [3.05, 3.63) is 71.8 Å². The second-order valence-corrected chi connectivity index (χ2v) is 6.85. The van der Waals surface area contributed by atoms with E-state index in [9.17, 15) is 4.57 Å². The van der Waals surface area contributed by atoms with E-state index in [1.54, 1.807) is 0 Å². The van der Waals surface area contributed by atoms with Gasteiger partial charge in [-0.1, -0.05) is 48.5 Å². The van der Waals surface area contributed by atoms with Crippen LogP contribution in [0.25, 0.3) is 5.31 Å². The third kappa shape index (κ3) is 1.98. The number of hydrogen-bond donors (Lipinski definition) is 0. The summed E-state index contributed by atoms with van der Waals surface area (Å²) in [5.74, 6) is 0. The fourth-order valence-corrected chi connectivity index (χ4v) is 4.78. The van der Waals surface area contributed by atoms with Crippen molar-refractivity contribution in [2.24, 2.45) is 0 Å². The zero-order valence-corrected chi connectivity index (χ0v) is 11.6. The summed E-state index contributed by atoms with van der Waals surface area (Å²) in [6.45, 7) is 2.32. The van der Waals surface area contributed by atoms with Gasteiger partial charge >= 0.3 is 0 Å². The fraction of sp³-hybridized carbons (Fsp3) is 0.125. The van der Waals surface area contributed by atoms with Gasteiger partial charge in [0.15, 0.2) is 0 Å². The predicted octanol–water partition coefficient (Wildman–Crippen LogP) is 4.18. The first-order valence-corrected chi connectivity index (χ1v) is 7.93. The summed E-state index contributed by atoms with van der Waals surface area (Å²) in [5, 5.41) is 1.57. The Labute approximate surface area is 113 Å². The molecule has 0 radical (unpaired) electrons. The smallest absolute Gasteiger partial charge is 0.261 e. The molecule has 1 atom stereocenters. The highest BCUT2D eigenvalue weighted by molar-refractivity contribution is 7.77. The van der Waals surface area contributed by atoms with E-state index in [1.807, 2.05) is 67.6 Å². The summed E-state index contributed by atoms with van der Waals surface area (Å²) in [5.41, 5.74) is 2.14. The van der Waals surface area contributed by atoms with Gasteiger partial charge in [-0.25, -0.2) is 0 Å². The van der Waals surface area contributed by atoms with Crippen LogP contribution in [-0.4, -0.2) is 0 Å². The molecular weight excluding hydrogens is 255 g/mol. The van der Waals surface area contributed by atoms with Gasteiger partial charge in [0.05, 0.1) is 6.61 Å². The predicted molar refractivity (Wildman–Crippen MR) is 78.6 cm³/mol. The van der Waals surface area contributed by atoms with Gasteiger partial charge in [0, 0.05) is 10.6 Å². The minimum Gasteiger partial charge on any atom is -0.317 e. The molecular formula is C16H15O2P. The second kappa shape index (κ2) is 4.80. The number of rotatable bonds is 1. The van der Waals surface area contributed by atoms with Crippen molar-refractivity contribution in [2.45, 2.75) is 13.5 Å². The van der Waals surface area contributed by atoms with Crippen LogP contribution in [-0.2, 0) is 15.7 Å². The Morgan fingerprint density at radius 3 is 2.47 bits per heavy atom. The quantitative estimate of drug-likeness (QED) is 0.726. The molecule has 2 aromatic carbocycles. The van der Waals surface area contributed by atoms with Crippen molar-refractivity contribution < 1.29 is 9.09 Å². The highest BCUT2D eigenvalue weighted by Gasteiger charge is 2.36. The molecule has 1 aliphatic rings. The van der Waals surface area contributed by atoms with Gasteiger partial charge in [-0.2, -0.15) is 0 Å². The summed E-state index contributed by atoms with van der Waals surface area (Å²) in [6, 6.07) is 17.4. The van der Waals surface area contributed by atoms with E-state index in [0.29, 0.717) is 6.61 Å². The van der Waals surface area contributed by atoms with Gasteiger partial charge < -0.3 is 4.52 Å². The number of hydrogen-bond acceptors (Lipinski definition) is 2. The van der Waals surface area contributed by atoms with E-state index in [1.165, 1.54) is 0 Å². The molecule has 0 aliphatic carbocycles. The molecule has 2 aromatic rings. The van der Waals surface area contributed by atoms with E-state index < -0.39 is 7.37 Å². The zero-order valence-electron chi connectivity index (χ0n) is 10.7. The molecule has 1 heterocycles. The van der Waals surface area contributed by atoms with Gasteiger partial charge in [-0.05, 0) is 30.2 Å². The first-order valence-electron chi connectivity index (χ1n) is 6.31. The zero-order chi connectivity index (χ0) is 13.3. The first kappa shape index (κ1) is 12.4. The Balaban J connectivity index is 2.19. The summed E-state index contributed by atoms with van der Waals surface area (Å²) in [7, 11) is -2.95. The molecule has 0 aromatic heterocycles. The monoisotopic (exact) mass is 270 g/mol. The largest absolute Gasteiger partial charge is 0.317 e. The number of fused-ring (bicyclic) bond motifs is 1. The normalized spacial score (nSPS) is 24.2. The van der Waals surface area contributed by atoms with Crippen molar-refractivity contribution in [3.63, 3.8) is 0 Å². The maximum absolute atomic E-state index is 13.3. The minimum absolute atomic E-state index is 0.402. The molecule has 2 nitrogen and oxygen atoms in total. The van der Waals surface area contributed by atoms with E-state index in [4.69, 9.17) is 4.52 Å². The highest BCUT2D eigenvalue weighted by atomic mass is 31.2. The highest BCUT2D eigenvalue weighted by Crippen LogP contribution is 2.62. The summed E-state index contributed by atoms with van der Waals surface area (Å²) in [6.07, 6.45) is 1.91. The molecule has 0 saturated carbocycles. The molecule has 96 valence electrons. The van der Waals surface area contributed by atoms with Crippen molar-refractivity contribution >= 4 is 18.0 Å². The molecule has 3 heteroatoms. The average molecular weight is 270 g/mol. The molecule has 3 rings (SSSR count). The average Bonchev–Trinajstić information content (AvgIpc) is 2.48. The molecule has 1 aliphatic heterocycles. The van der Waals surface area contributed by atoms with Crippen LogP contribution in [0, 0.1) is 0 Å². The molecule has 0 bridgehead atoms. The Hall–Kier alpha value is -1.63. The third-order valence-electron chi connectivity index (χ3n) is 3.38. The van der Waals surface area contributed by atoms with Crippen molar-refractivity contribution in [1.29, 1.82) is 0 Å². The van der Waals surface area contributed by atoms with Crippen LogP contribution in [0.3, 0.4) is 0 Å². The van der Waals surface area contributed by atoms with Gasteiger partial charge in [0.2, 0.25) is 0 Å². The maximum Gasteiger partial charge on any atom is 0.261 e. The lowest BCUT2D eigenvalue weighted by molar-refractivity contribution is 0.312. The van der Waals surface area contributed by atoms with Crippen molar-refractivity contribution in [3.8, 4) is 0 Å². The Morgan fingerprint density at radius 2 is 1.74 bits per heavy atom. The fourth-order valence-electron chi connectivity index (χ4n) is 2.45. The van der Waals surface area contributed by atoms with Crippen LogP contribution in [0.5, 0.6) is 0 Å². The molecule has 0 amide bonds. The van der Waals surface area contributed by atoms with Crippen molar-refractivity contribution in [1.82, 2.24) is 0 Å². The number of benzene rings is 2. The topological polar surface area (TPSA) is 26.3 Å². The lowest BCUT2D eigenvalue weighted by Crippen LogP contribution is -2.14. The molecule has 0 fully saturated rings. The lowest BCUT2D eigenvalue weighted by Gasteiger charge is -2.28. The second-order valence-electron chi connectivity index (χ2n) is 4.49. The number of allylic oxidation sites excluding steroid dienone is 1. The van der Waals surface area contributed by atoms with Crippen LogP contribution in [0.15, 0.2) is 60.7 Å². The van der Waals surface area contributed by atoms with Gasteiger partial charge in [0.25, 0.3) is 7.37 Å². The van der Waals surface area contributed by atoms with Gasteiger partial charge in [0.1, 0.15) is 0 Å². The standard InChI is InChI=1S/C16H15O2P/c1-2-16-15-11-7-6-8-13(15)12-18-19(16,17)14-9-4-3-5-10-14/h2-11H,12H2,1H3/b16-2-. The van der Waals surface area contributed by atoms with Gasteiger partial charge in [-0.15, -0.1) is 0 Å². The maximum atomic E-state index is 13.3. The molecule has 0 N–H and O–H groups in total. The third-order valence-corrected chi connectivity index (χ3v) is 5.99. The Morgan fingerprint density at radius 1 is 1.05 bits per heavy atom. The van der Waals surface area contributed by atoms with E-state index in [0.717, 1.165) is 21.7 Å². The summed E-state index contributed by atoms with van der Waals surface area (Å²) in [4.78, 5) is 0. The van der Waals surface area contributed by atoms with Gasteiger partial charge in [-0.3, -0.25) is 4.57 Å². The Kier molecular flexibility index (Phi) is 3.14. The lowest BCUT2D eigenvalue weighted by atomic mass is 10.1. The molecule has 0 spiro atoms. The summed E-state index contributed by atoms with van der Waals surface area (Å²) >= 11 is 0. The van der Waals surface area contributed by atoms with Crippen LogP contribution >= 0.6 is 7.37 Å². The van der Waals surface area contributed by atoms with Crippen molar-refractivity contribution in [2.75, 3.05) is 0 Å².